The molecule has 21 heavy (non-hydrogen) atoms. The van der Waals surface area contributed by atoms with Crippen molar-refractivity contribution in [2.24, 2.45) is 0 Å². The van der Waals surface area contributed by atoms with Gasteiger partial charge in [-0.1, -0.05) is 28.1 Å². The van der Waals surface area contributed by atoms with Crippen molar-refractivity contribution < 1.29 is 4.79 Å². The van der Waals surface area contributed by atoms with Crippen LogP contribution in [0.15, 0.2) is 59.3 Å². The minimum atomic E-state index is -0.231. The molecule has 0 fully saturated rings. The van der Waals surface area contributed by atoms with Crippen molar-refractivity contribution in [3.8, 4) is 0 Å². The smallest absolute Gasteiger partial charge is 0.269 e. The predicted octanol–water partition coefficient (Wildman–Crippen LogP) is 3.15. The molecule has 2 N–H and O–H groups in total. The number of hydrogen-bond donors (Lipinski definition) is 2. The lowest BCUT2D eigenvalue weighted by Crippen LogP contribution is -2.29. The van der Waals surface area contributed by atoms with Crippen LogP contribution in [-0.4, -0.2) is 15.9 Å². The Bertz CT molecular complexity index is 784. The van der Waals surface area contributed by atoms with Gasteiger partial charge in [-0.2, -0.15) is 0 Å². The molecule has 0 atom stereocenters. The van der Waals surface area contributed by atoms with Gasteiger partial charge in [-0.15, -0.1) is 0 Å². The summed E-state index contributed by atoms with van der Waals surface area (Å²) in [7, 11) is 0. The number of halogens is 1. The van der Waals surface area contributed by atoms with Gasteiger partial charge in [0, 0.05) is 15.4 Å². The van der Waals surface area contributed by atoms with Crippen LogP contribution in [0.3, 0.4) is 0 Å². The highest BCUT2D eigenvalue weighted by atomic mass is 79.9. The minimum Gasteiger partial charge on any atom is -0.281 e. The Labute approximate surface area is 129 Å². The van der Waals surface area contributed by atoms with Gasteiger partial charge >= 0.3 is 0 Å². The average Bonchev–Trinajstić information content (AvgIpc) is 2.53. The molecule has 0 aliphatic rings. The number of hydrogen-bond acceptors (Lipinski definition) is 4. The first-order valence-corrected chi connectivity index (χ1v) is 7.05. The maximum atomic E-state index is 12.0. The first-order valence-electron chi connectivity index (χ1n) is 6.26. The normalized spacial score (nSPS) is 10.3. The van der Waals surface area contributed by atoms with Crippen LogP contribution in [0.4, 0.5) is 5.82 Å². The highest BCUT2D eigenvalue weighted by molar-refractivity contribution is 9.10. The zero-order chi connectivity index (χ0) is 14.7. The molecule has 0 radical (unpaired) electrons. The monoisotopic (exact) mass is 342 g/mol. The highest BCUT2D eigenvalue weighted by Gasteiger charge is 2.07. The third kappa shape index (κ3) is 3.00. The molecular formula is C15H11BrN4O. The van der Waals surface area contributed by atoms with Crippen LogP contribution in [0.1, 0.15) is 10.4 Å². The number of hydrazine groups is 1. The largest absolute Gasteiger partial charge is 0.281 e. The summed E-state index contributed by atoms with van der Waals surface area (Å²) in [6, 6.07) is 14.7. The second-order valence-electron chi connectivity index (χ2n) is 4.33. The quantitative estimate of drug-likeness (QED) is 0.717. The van der Waals surface area contributed by atoms with Crippen molar-refractivity contribution in [2.75, 3.05) is 5.43 Å². The third-order valence-electron chi connectivity index (χ3n) is 2.94. The zero-order valence-corrected chi connectivity index (χ0v) is 12.5. The molecule has 6 heteroatoms. The van der Waals surface area contributed by atoms with E-state index >= 15 is 0 Å². The highest BCUT2D eigenvalue weighted by Crippen LogP contribution is 2.17. The van der Waals surface area contributed by atoms with Crippen LogP contribution >= 0.6 is 15.9 Å². The molecule has 0 aliphatic carbocycles. The van der Waals surface area contributed by atoms with Crippen molar-refractivity contribution >= 4 is 38.6 Å². The van der Waals surface area contributed by atoms with Crippen molar-refractivity contribution in [1.82, 2.24) is 15.4 Å². The van der Waals surface area contributed by atoms with Crippen molar-refractivity contribution in [3.05, 3.63) is 64.9 Å². The Morgan fingerprint density at radius 2 is 1.76 bits per heavy atom. The number of para-hydroxylation sites is 1. The third-order valence-corrected chi connectivity index (χ3v) is 3.47. The molecule has 1 amide bonds. The molecule has 1 aromatic heterocycles. The van der Waals surface area contributed by atoms with Gasteiger partial charge in [0.25, 0.3) is 5.91 Å². The van der Waals surface area contributed by atoms with Crippen molar-refractivity contribution in [3.63, 3.8) is 0 Å². The lowest BCUT2D eigenvalue weighted by Gasteiger charge is -2.09. The van der Waals surface area contributed by atoms with Crippen LogP contribution in [0.25, 0.3) is 10.9 Å². The molecule has 0 saturated heterocycles. The number of carbonyl (C=O) groups is 1. The lowest BCUT2D eigenvalue weighted by molar-refractivity contribution is 0.0962. The van der Waals surface area contributed by atoms with Gasteiger partial charge in [0.05, 0.1) is 5.52 Å². The van der Waals surface area contributed by atoms with E-state index in [1.807, 2.05) is 36.4 Å². The molecule has 0 spiro atoms. The molecule has 0 bridgehead atoms. The molecule has 1 heterocycles. The number of amides is 1. The number of benzene rings is 2. The number of carbonyl (C=O) groups excluding carboxylic acids is 1. The summed E-state index contributed by atoms with van der Waals surface area (Å²) in [6.07, 6.45) is 1.45. The Balaban J connectivity index is 1.77. The van der Waals surface area contributed by atoms with Crippen LogP contribution in [-0.2, 0) is 0 Å². The Kier molecular flexibility index (Phi) is 3.79. The Morgan fingerprint density at radius 3 is 2.57 bits per heavy atom. The Morgan fingerprint density at radius 1 is 1.00 bits per heavy atom. The van der Waals surface area contributed by atoms with E-state index in [0.717, 1.165) is 15.4 Å². The van der Waals surface area contributed by atoms with E-state index < -0.39 is 0 Å². The molecule has 0 saturated carbocycles. The van der Waals surface area contributed by atoms with Crippen LogP contribution in [0, 0.1) is 0 Å². The van der Waals surface area contributed by atoms with E-state index in [4.69, 9.17) is 0 Å². The first-order chi connectivity index (χ1) is 10.2. The molecule has 5 nitrogen and oxygen atoms in total. The summed E-state index contributed by atoms with van der Waals surface area (Å²) in [5.41, 5.74) is 6.84. The summed E-state index contributed by atoms with van der Waals surface area (Å²) in [5.74, 6) is 0.330. The van der Waals surface area contributed by atoms with Gasteiger partial charge in [-0.05, 0) is 36.4 Å². The fraction of sp³-hybridized carbons (Fsp3) is 0. The summed E-state index contributed by atoms with van der Waals surface area (Å²) in [6.45, 7) is 0. The molecule has 3 aromatic rings. The SMILES string of the molecule is O=C(NNc1ncnc2ccccc12)c1ccc(Br)cc1. The fourth-order valence-electron chi connectivity index (χ4n) is 1.89. The minimum absolute atomic E-state index is 0.231. The molecule has 0 unspecified atom stereocenters. The number of rotatable bonds is 3. The van der Waals surface area contributed by atoms with Crippen LogP contribution in [0.5, 0.6) is 0 Å². The van der Waals surface area contributed by atoms with Gasteiger partial charge < -0.3 is 0 Å². The number of nitrogens with one attached hydrogen (secondary N) is 2. The average molecular weight is 343 g/mol. The molecule has 2 aromatic carbocycles. The topological polar surface area (TPSA) is 66.9 Å². The molecular weight excluding hydrogens is 332 g/mol. The van der Waals surface area contributed by atoms with E-state index in [2.05, 4.69) is 36.7 Å². The summed E-state index contributed by atoms with van der Waals surface area (Å²) < 4.78 is 0.925. The lowest BCUT2D eigenvalue weighted by atomic mass is 10.2. The second kappa shape index (κ2) is 5.88. The molecule has 3 rings (SSSR count). The van der Waals surface area contributed by atoms with E-state index in [1.165, 1.54) is 6.33 Å². The number of fused-ring (bicyclic) bond motifs is 1. The van der Waals surface area contributed by atoms with Gasteiger partial charge in [0.15, 0.2) is 5.82 Å². The first kappa shape index (κ1) is 13.5. The van der Waals surface area contributed by atoms with E-state index in [0.29, 0.717) is 11.4 Å². The van der Waals surface area contributed by atoms with Crippen LogP contribution < -0.4 is 10.9 Å². The maximum Gasteiger partial charge on any atom is 0.269 e. The van der Waals surface area contributed by atoms with E-state index in [9.17, 15) is 4.79 Å². The Hall–Kier alpha value is -2.47. The van der Waals surface area contributed by atoms with Gasteiger partial charge in [0.1, 0.15) is 6.33 Å². The standard InChI is InChI=1S/C15H11BrN4O/c16-11-7-5-10(6-8-11)15(21)20-19-14-12-3-1-2-4-13(12)17-9-18-14/h1-9H,(H,20,21)(H,17,18,19). The van der Waals surface area contributed by atoms with Crippen molar-refractivity contribution in [2.45, 2.75) is 0 Å². The summed E-state index contributed by atoms with van der Waals surface area (Å²) in [5, 5.41) is 0.844. The fourth-order valence-corrected chi connectivity index (χ4v) is 2.16. The van der Waals surface area contributed by atoms with Crippen molar-refractivity contribution in [1.29, 1.82) is 0 Å². The summed E-state index contributed by atoms with van der Waals surface area (Å²) in [4.78, 5) is 20.3. The maximum absolute atomic E-state index is 12.0. The second-order valence-corrected chi connectivity index (χ2v) is 5.24. The number of anilines is 1. The number of aromatic nitrogens is 2. The summed E-state index contributed by atoms with van der Waals surface area (Å²) >= 11 is 3.33. The van der Waals surface area contributed by atoms with Crippen LogP contribution in [0.2, 0.25) is 0 Å². The van der Waals surface area contributed by atoms with Gasteiger partial charge in [0.2, 0.25) is 0 Å². The van der Waals surface area contributed by atoms with Gasteiger partial charge in [-0.3, -0.25) is 15.6 Å². The molecule has 104 valence electrons. The van der Waals surface area contributed by atoms with Gasteiger partial charge in [-0.25, -0.2) is 9.97 Å². The van der Waals surface area contributed by atoms with E-state index in [1.54, 1.807) is 12.1 Å². The van der Waals surface area contributed by atoms with E-state index in [-0.39, 0.29) is 5.91 Å². The number of nitrogens with zero attached hydrogens (tertiary/aromatic N) is 2. The predicted molar refractivity (Wildman–Crippen MR) is 84.8 cm³/mol. The molecule has 0 aliphatic heterocycles. The zero-order valence-electron chi connectivity index (χ0n) is 10.9.